The summed E-state index contributed by atoms with van der Waals surface area (Å²) in [5.74, 6) is 0.595. The van der Waals surface area contributed by atoms with E-state index in [4.69, 9.17) is 4.74 Å². The van der Waals surface area contributed by atoms with Crippen molar-refractivity contribution in [3.05, 3.63) is 64.7 Å². The Morgan fingerprint density at radius 3 is 2.47 bits per heavy atom. The lowest BCUT2D eigenvalue weighted by atomic mass is 10.3. The first-order valence-electron chi connectivity index (χ1n) is 5.63. The van der Waals surface area contributed by atoms with Crippen molar-refractivity contribution >= 4 is 27.1 Å². The van der Waals surface area contributed by atoms with Crippen LogP contribution in [0.15, 0.2) is 54.6 Å². The molecule has 3 rings (SSSR count). The molecule has 0 aliphatic carbocycles. The van der Waals surface area contributed by atoms with Crippen LogP contribution in [-0.4, -0.2) is 4.92 Å². The molecule has 0 unspecified atom stereocenters. The third-order valence-electron chi connectivity index (χ3n) is 2.67. The average molecular weight is 271 g/mol. The summed E-state index contributed by atoms with van der Waals surface area (Å²) in [5, 5.41) is 12.5. The number of hydrogen-bond acceptors (Lipinski definition) is 4. The van der Waals surface area contributed by atoms with E-state index in [1.165, 1.54) is 12.1 Å². The third-order valence-corrected chi connectivity index (χ3v) is 3.66. The molecular weight excluding hydrogens is 262 g/mol. The Balaban J connectivity index is 1.86. The van der Waals surface area contributed by atoms with Crippen LogP contribution in [0.3, 0.4) is 0 Å². The van der Waals surface area contributed by atoms with Gasteiger partial charge in [-0.05, 0) is 23.6 Å². The lowest BCUT2D eigenvalue weighted by molar-refractivity contribution is -0.384. The molecule has 1 heterocycles. The van der Waals surface area contributed by atoms with E-state index in [2.05, 4.69) is 0 Å². The number of nitro benzene ring substituents is 1. The molecule has 0 saturated carbocycles. The van der Waals surface area contributed by atoms with Gasteiger partial charge in [-0.15, -0.1) is 0 Å². The van der Waals surface area contributed by atoms with Crippen LogP contribution >= 0.6 is 11.3 Å². The number of ether oxygens (including phenoxy) is 1. The minimum Gasteiger partial charge on any atom is -0.447 e. The van der Waals surface area contributed by atoms with Gasteiger partial charge in [-0.3, -0.25) is 10.1 Å². The van der Waals surface area contributed by atoms with Gasteiger partial charge in [-0.2, -0.15) is 0 Å². The van der Waals surface area contributed by atoms with Crippen molar-refractivity contribution in [1.29, 1.82) is 0 Å². The SMILES string of the molecule is O=[N+]([O-])c1ccc(Oc2cc3ccccc3s2)cc1. The third kappa shape index (κ3) is 2.41. The smallest absolute Gasteiger partial charge is 0.269 e. The van der Waals surface area contributed by atoms with E-state index in [1.54, 1.807) is 23.5 Å². The maximum Gasteiger partial charge on any atom is 0.269 e. The number of benzene rings is 2. The second kappa shape index (κ2) is 4.70. The molecule has 0 radical (unpaired) electrons. The molecule has 2 aromatic carbocycles. The molecule has 5 heteroatoms. The molecular formula is C14H9NO3S. The summed E-state index contributed by atoms with van der Waals surface area (Å²) >= 11 is 1.55. The molecule has 0 atom stereocenters. The van der Waals surface area contributed by atoms with Crippen molar-refractivity contribution in [2.24, 2.45) is 0 Å². The first-order chi connectivity index (χ1) is 9.22. The molecule has 0 bridgehead atoms. The maximum atomic E-state index is 10.6. The van der Waals surface area contributed by atoms with Gasteiger partial charge in [-0.25, -0.2) is 0 Å². The van der Waals surface area contributed by atoms with E-state index in [0.717, 1.165) is 15.1 Å². The highest BCUT2D eigenvalue weighted by atomic mass is 32.1. The summed E-state index contributed by atoms with van der Waals surface area (Å²) < 4.78 is 6.85. The van der Waals surface area contributed by atoms with Crippen LogP contribution < -0.4 is 4.74 Å². The molecule has 3 aromatic rings. The van der Waals surface area contributed by atoms with Crippen LogP contribution in [0, 0.1) is 10.1 Å². The van der Waals surface area contributed by atoms with Crippen molar-refractivity contribution in [3.8, 4) is 10.8 Å². The predicted molar refractivity (Wildman–Crippen MR) is 75.0 cm³/mol. The number of nitro groups is 1. The number of non-ortho nitro benzene ring substituents is 1. The topological polar surface area (TPSA) is 52.4 Å². The van der Waals surface area contributed by atoms with Gasteiger partial charge in [0.1, 0.15) is 5.75 Å². The molecule has 19 heavy (non-hydrogen) atoms. The highest BCUT2D eigenvalue weighted by Gasteiger charge is 2.06. The summed E-state index contributed by atoms with van der Waals surface area (Å²) in [7, 11) is 0. The van der Waals surface area contributed by atoms with Gasteiger partial charge in [-0.1, -0.05) is 29.5 Å². The molecule has 0 amide bonds. The van der Waals surface area contributed by atoms with Crippen molar-refractivity contribution in [3.63, 3.8) is 0 Å². The van der Waals surface area contributed by atoms with Crippen molar-refractivity contribution in [1.82, 2.24) is 0 Å². The number of fused-ring (bicyclic) bond motifs is 1. The number of rotatable bonds is 3. The Kier molecular flexibility index (Phi) is 2.89. The van der Waals surface area contributed by atoms with Crippen LogP contribution in [0.5, 0.6) is 10.8 Å². The van der Waals surface area contributed by atoms with E-state index in [0.29, 0.717) is 5.75 Å². The zero-order valence-corrected chi connectivity index (χ0v) is 10.6. The van der Waals surface area contributed by atoms with Crippen molar-refractivity contribution < 1.29 is 9.66 Å². The highest BCUT2D eigenvalue weighted by Crippen LogP contribution is 2.34. The van der Waals surface area contributed by atoms with Gasteiger partial charge in [0.05, 0.1) is 4.92 Å². The Morgan fingerprint density at radius 2 is 1.79 bits per heavy atom. The molecule has 0 saturated heterocycles. The minimum absolute atomic E-state index is 0.0590. The fraction of sp³-hybridized carbons (Fsp3) is 0. The van der Waals surface area contributed by atoms with Gasteiger partial charge in [0, 0.05) is 22.9 Å². The Labute approximate surface area is 113 Å². The van der Waals surface area contributed by atoms with E-state index >= 15 is 0 Å². The molecule has 0 aliphatic heterocycles. The summed E-state index contributed by atoms with van der Waals surface area (Å²) in [4.78, 5) is 10.1. The second-order valence-electron chi connectivity index (χ2n) is 3.96. The van der Waals surface area contributed by atoms with Crippen LogP contribution in [0.4, 0.5) is 5.69 Å². The van der Waals surface area contributed by atoms with Crippen LogP contribution in [0.25, 0.3) is 10.1 Å². The number of hydrogen-bond donors (Lipinski definition) is 0. The number of thiophene rings is 1. The van der Waals surface area contributed by atoms with Gasteiger partial charge in [0.25, 0.3) is 5.69 Å². The second-order valence-corrected chi connectivity index (χ2v) is 5.00. The first-order valence-corrected chi connectivity index (χ1v) is 6.45. The van der Waals surface area contributed by atoms with Crippen molar-refractivity contribution in [2.45, 2.75) is 0 Å². The number of nitrogens with zero attached hydrogens (tertiary/aromatic N) is 1. The monoisotopic (exact) mass is 271 g/mol. The van der Waals surface area contributed by atoms with Crippen molar-refractivity contribution in [2.75, 3.05) is 0 Å². The van der Waals surface area contributed by atoms with Gasteiger partial charge in [0.2, 0.25) is 0 Å². The quantitative estimate of drug-likeness (QED) is 0.516. The molecule has 1 aromatic heterocycles. The largest absolute Gasteiger partial charge is 0.447 e. The lowest BCUT2D eigenvalue weighted by Crippen LogP contribution is -1.87. The highest BCUT2D eigenvalue weighted by molar-refractivity contribution is 7.20. The standard InChI is InChI=1S/C14H9NO3S/c16-15(17)11-5-7-12(8-6-11)18-14-9-10-3-1-2-4-13(10)19-14/h1-9H. The zero-order chi connectivity index (χ0) is 13.2. The molecule has 0 aliphatic rings. The predicted octanol–water partition coefficient (Wildman–Crippen LogP) is 4.60. The maximum absolute atomic E-state index is 10.6. The fourth-order valence-corrected chi connectivity index (χ4v) is 2.69. The van der Waals surface area contributed by atoms with E-state index in [9.17, 15) is 10.1 Å². The lowest BCUT2D eigenvalue weighted by Gasteiger charge is -2.01. The van der Waals surface area contributed by atoms with Gasteiger partial charge in [0.15, 0.2) is 5.06 Å². The minimum atomic E-state index is -0.427. The van der Waals surface area contributed by atoms with Crippen LogP contribution in [-0.2, 0) is 0 Å². The van der Waals surface area contributed by atoms with Crippen LogP contribution in [0.2, 0.25) is 0 Å². The summed E-state index contributed by atoms with van der Waals surface area (Å²) in [6.07, 6.45) is 0. The average Bonchev–Trinajstić information content (AvgIpc) is 2.81. The summed E-state index contributed by atoms with van der Waals surface area (Å²) in [6.45, 7) is 0. The van der Waals surface area contributed by atoms with E-state index in [1.807, 2.05) is 30.3 Å². The molecule has 0 N–H and O–H groups in total. The van der Waals surface area contributed by atoms with E-state index in [-0.39, 0.29) is 5.69 Å². The fourth-order valence-electron chi connectivity index (χ4n) is 1.76. The van der Waals surface area contributed by atoms with Gasteiger partial charge < -0.3 is 4.74 Å². The Hall–Kier alpha value is -2.40. The Morgan fingerprint density at radius 1 is 1.05 bits per heavy atom. The molecule has 4 nitrogen and oxygen atoms in total. The van der Waals surface area contributed by atoms with Gasteiger partial charge >= 0.3 is 0 Å². The van der Waals surface area contributed by atoms with E-state index < -0.39 is 4.92 Å². The molecule has 0 fully saturated rings. The molecule has 94 valence electrons. The Bertz CT molecular complexity index is 701. The summed E-state index contributed by atoms with van der Waals surface area (Å²) in [5.41, 5.74) is 0.0590. The normalized spacial score (nSPS) is 10.5. The molecule has 0 spiro atoms. The zero-order valence-electron chi connectivity index (χ0n) is 9.78. The van der Waals surface area contributed by atoms with Crippen LogP contribution in [0.1, 0.15) is 0 Å². The first kappa shape index (κ1) is 11.7. The summed E-state index contributed by atoms with van der Waals surface area (Å²) in [6, 6.07) is 16.0.